The van der Waals surface area contributed by atoms with E-state index in [1.807, 2.05) is 6.92 Å². The van der Waals surface area contributed by atoms with Crippen LogP contribution in [0.3, 0.4) is 0 Å². The van der Waals surface area contributed by atoms with Gasteiger partial charge in [0.1, 0.15) is 0 Å². The van der Waals surface area contributed by atoms with Crippen LogP contribution in [0.25, 0.3) is 0 Å². The van der Waals surface area contributed by atoms with Crippen molar-refractivity contribution < 1.29 is 8.42 Å². The van der Waals surface area contributed by atoms with E-state index in [9.17, 15) is 8.42 Å². The third kappa shape index (κ3) is 3.01. The van der Waals surface area contributed by atoms with Gasteiger partial charge < -0.3 is 5.32 Å². The molecule has 2 rings (SSSR count). The van der Waals surface area contributed by atoms with Crippen LogP contribution in [0.4, 0.5) is 0 Å². The van der Waals surface area contributed by atoms with Crippen molar-refractivity contribution in [1.82, 2.24) is 9.62 Å². The minimum absolute atomic E-state index is 0.263. The third-order valence-electron chi connectivity index (χ3n) is 3.95. The highest BCUT2D eigenvalue weighted by Gasteiger charge is 2.38. The highest BCUT2D eigenvalue weighted by atomic mass is 32.2. The van der Waals surface area contributed by atoms with Gasteiger partial charge >= 0.3 is 0 Å². The van der Waals surface area contributed by atoms with Crippen LogP contribution in [-0.2, 0) is 10.0 Å². The third-order valence-corrected chi connectivity index (χ3v) is 6.04. The van der Waals surface area contributed by atoms with Crippen LogP contribution < -0.4 is 5.32 Å². The van der Waals surface area contributed by atoms with Crippen LogP contribution in [0.2, 0.25) is 0 Å². The molecule has 2 fully saturated rings. The van der Waals surface area contributed by atoms with Gasteiger partial charge in [0.05, 0.1) is 5.75 Å². The van der Waals surface area contributed by atoms with Crippen molar-refractivity contribution in [3.63, 3.8) is 0 Å². The lowest BCUT2D eigenvalue weighted by atomic mass is 9.91. The minimum atomic E-state index is -3.00. The summed E-state index contributed by atoms with van der Waals surface area (Å²) < 4.78 is 26.2. The van der Waals surface area contributed by atoms with Crippen molar-refractivity contribution in [2.75, 3.05) is 25.4 Å². The van der Waals surface area contributed by atoms with Gasteiger partial charge in [-0.05, 0) is 51.1 Å². The molecule has 0 aromatic heterocycles. The Bertz CT molecular complexity index is 336. The Morgan fingerprint density at radius 3 is 2.76 bits per heavy atom. The average molecular weight is 260 g/mol. The average Bonchev–Trinajstić information content (AvgIpc) is 2.79. The van der Waals surface area contributed by atoms with Crippen molar-refractivity contribution in [2.45, 2.75) is 45.1 Å². The van der Waals surface area contributed by atoms with Gasteiger partial charge in [-0.1, -0.05) is 6.92 Å². The van der Waals surface area contributed by atoms with E-state index in [4.69, 9.17) is 0 Å². The van der Waals surface area contributed by atoms with E-state index in [2.05, 4.69) is 5.32 Å². The van der Waals surface area contributed by atoms with Crippen molar-refractivity contribution in [3.05, 3.63) is 0 Å². The quantitative estimate of drug-likeness (QED) is 0.826. The van der Waals surface area contributed by atoms with Gasteiger partial charge in [-0.3, -0.25) is 0 Å². The first kappa shape index (κ1) is 13.3. The zero-order valence-electron chi connectivity index (χ0n) is 10.7. The molecular formula is C12H24N2O2S. The van der Waals surface area contributed by atoms with Crippen LogP contribution >= 0.6 is 0 Å². The molecule has 2 aliphatic rings. The maximum absolute atomic E-state index is 12.2. The first-order valence-corrected chi connectivity index (χ1v) is 8.46. The lowest BCUT2D eigenvalue weighted by Gasteiger charge is -2.33. The summed E-state index contributed by atoms with van der Waals surface area (Å²) in [5.41, 5.74) is 0. The summed E-state index contributed by atoms with van der Waals surface area (Å²) in [6, 6.07) is 0.263. The maximum Gasteiger partial charge on any atom is 0.214 e. The van der Waals surface area contributed by atoms with E-state index in [0.717, 1.165) is 32.5 Å². The van der Waals surface area contributed by atoms with E-state index in [1.54, 1.807) is 4.31 Å². The molecule has 1 N–H and O–H groups in total. The molecule has 0 radical (unpaired) electrons. The molecular weight excluding hydrogens is 236 g/mol. The number of hydrogen-bond acceptors (Lipinski definition) is 3. The van der Waals surface area contributed by atoms with E-state index in [-0.39, 0.29) is 6.04 Å². The lowest BCUT2D eigenvalue weighted by molar-refractivity contribution is 0.239. The van der Waals surface area contributed by atoms with Gasteiger partial charge in [0, 0.05) is 12.6 Å². The molecule has 0 spiro atoms. The van der Waals surface area contributed by atoms with E-state index < -0.39 is 10.0 Å². The summed E-state index contributed by atoms with van der Waals surface area (Å²) in [6.07, 6.45) is 5.16. The number of nitrogens with one attached hydrogen (secondary N) is 1. The largest absolute Gasteiger partial charge is 0.316 e. The molecule has 2 atom stereocenters. The molecule has 2 heterocycles. The Kier molecular flexibility index (Phi) is 4.44. The zero-order valence-corrected chi connectivity index (χ0v) is 11.5. The predicted molar refractivity (Wildman–Crippen MR) is 69.4 cm³/mol. The van der Waals surface area contributed by atoms with E-state index in [0.29, 0.717) is 18.1 Å². The summed E-state index contributed by atoms with van der Waals surface area (Å²) in [5, 5.41) is 3.39. The second-order valence-corrected chi connectivity index (χ2v) is 7.28. The molecule has 0 aromatic carbocycles. The second kappa shape index (κ2) is 5.67. The molecule has 17 heavy (non-hydrogen) atoms. The summed E-state index contributed by atoms with van der Waals surface area (Å²) >= 11 is 0. The molecule has 0 aliphatic carbocycles. The van der Waals surface area contributed by atoms with Gasteiger partial charge in [0.25, 0.3) is 0 Å². The number of sulfonamides is 1. The fourth-order valence-electron chi connectivity index (χ4n) is 3.16. The minimum Gasteiger partial charge on any atom is -0.316 e. The molecule has 2 saturated heterocycles. The van der Waals surface area contributed by atoms with Crippen molar-refractivity contribution in [1.29, 1.82) is 0 Å². The van der Waals surface area contributed by atoms with Crippen LogP contribution in [0.1, 0.15) is 39.0 Å². The van der Waals surface area contributed by atoms with Crippen molar-refractivity contribution in [3.8, 4) is 0 Å². The van der Waals surface area contributed by atoms with Gasteiger partial charge in [-0.25, -0.2) is 8.42 Å². The lowest BCUT2D eigenvalue weighted by Crippen LogP contribution is -2.46. The Morgan fingerprint density at radius 2 is 2.12 bits per heavy atom. The second-order valence-electron chi connectivity index (χ2n) is 5.24. The fourth-order valence-corrected chi connectivity index (χ4v) is 5.01. The summed E-state index contributed by atoms with van der Waals surface area (Å²) in [5.74, 6) is 0.835. The Balaban J connectivity index is 2.06. The summed E-state index contributed by atoms with van der Waals surface area (Å²) in [7, 11) is -3.00. The number of hydrogen-bond donors (Lipinski definition) is 1. The highest BCUT2D eigenvalue weighted by molar-refractivity contribution is 7.89. The number of piperidine rings is 1. The number of rotatable bonds is 4. The van der Waals surface area contributed by atoms with Crippen LogP contribution in [0.5, 0.6) is 0 Å². The molecule has 5 heteroatoms. The zero-order chi connectivity index (χ0) is 12.3. The highest BCUT2D eigenvalue weighted by Crippen LogP contribution is 2.30. The van der Waals surface area contributed by atoms with Crippen molar-refractivity contribution in [2.24, 2.45) is 5.92 Å². The number of nitrogens with zero attached hydrogens (tertiary/aromatic N) is 1. The molecule has 0 bridgehead atoms. The first-order chi connectivity index (χ1) is 8.15. The van der Waals surface area contributed by atoms with Gasteiger partial charge in [0.2, 0.25) is 10.0 Å². The smallest absolute Gasteiger partial charge is 0.214 e. The SMILES string of the molecule is CCCS(=O)(=O)N1CCCC1C1CCCNC1. The van der Waals surface area contributed by atoms with Crippen LogP contribution in [-0.4, -0.2) is 44.2 Å². The fraction of sp³-hybridized carbons (Fsp3) is 1.00. The van der Waals surface area contributed by atoms with Crippen LogP contribution in [0, 0.1) is 5.92 Å². The Hall–Kier alpha value is -0.130. The van der Waals surface area contributed by atoms with Gasteiger partial charge in [-0.15, -0.1) is 0 Å². The van der Waals surface area contributed by atoms with Crippen molar-refractivity contribution >= 4 is 10.0 Å². The molecule has 0 aromatic rings. The summed E-state index contributed by atoms with van der Waals surface area (Å²) in [4.78, 5) is 0. The Labute approximate surface area is 105 Å². The topological polar surface area (TPSA) is 49.4 Å². The molecule has 0 saturated carbocycles. The molecule has 2 unspecified atom stereocenters. The first-order valence-electron chi connectivity index (χ1n) is 6.85. The monoisotopic (exact) mass is 260 g/mol. The predicted octanol–water partition coefficient (Wildman–Crippen LogP) is 1.19. The maximum atomic E-state index is 12.2. The molecule has 100 valence electrons. The van der Waals surface area contributed by atoms with Crippen LogP contribution in [0.15, 0.2) is 0 Å². The molecule has 2 aliphatic heterocycles. The normalized spacial score (nSPS) is 31.8. The van der Waals surface area contributed by atoms with E-state index in [1.165, 1.54) is 12.8 Å². The molecule has 0 amide bonds. The standard InChI is InChI=1S/C12H24N2O2S/c1-2-9-17(15,16)14-8-4-6-12(14)11-5-3-7-13-10-11/h11-13H,2-10H2,1H3. The summed E-state index contributed by atoms with van der Waals surface area (Å²) in [6.45, 7) is 4.75. The van der Waals surface area contributed by atoms with Gasteiger partial charge in [0.15, 0.2) is 0 Å². The van der Waals surface area contributed by atoms with Gasteiger partial charge in [-0.2, -0.15) is 4.31 Å². The molecule has 4 nitrogen and oxygen atoms in total. The van der Waals surface area contributed by atoms with E-state index >= 15 is 0 Å². The Morgan fingerprint density at radius 1 is 1.29 bits per heavy atom.